The molecule has 0 bridgehead atoms. The van der Waals surface area contributed by atoms with Crippen LogP contribution in [-0.2, 0) is 6.18 Å². The van der Waals surface area contributed by atoms with Gasteiger partial charge in [0.05, 0.1) is 30.4 Å². The van der Waals surface area contributed by atoms with Gasteiger partial charge in [-0.25, -0.2) is 15.0 Å². The van der Waals surface area contributed by atoms with E-state index in [2.05, 4.69) is 15.0 Å². The van der Waals surface area contributed by atoms with Crippen LogP contribution in [-0.4, -0.2) is 40.2 Å². The summed E-state index contributed by atoms with van der Waals surface area (Å²) in [6.45, 7) is 3.92. The third kappa shape index (κ3) is 5.98. The number of halogens is 3. The molecule has 1 aliphatic carbocycles. The lowest BCUT2D eigenvalue weighted by atomic mass is 9.75. The van der Waals surface area contributed by atoms with E-state index in [0.29, 0.717) is 23.8 Å². The zero-order valence-corrected chi connectivity index (χ0v) is 21.3. The Labute approximate surface area is 214 Å². The van der Waals surface area contributed by atoms with Crippen LogP contribution in [0.15, 0.2) is 65.0 Å². The van der Waals surface area contributed by atoms with Crippen LogP contribution in [0.5, 0.6) is 5.88 Å². The molecule has 1 aliphatic rings. The molecule has 0 spiro atoms. The van der Waals surface area contributed by atoms with Crippen molar-refractivity contribution in [1.82, 2.24) is 14.5 Å². The molecule has 0 N–H and O–H groups in total. The second kappa shape index (κ2) is 11.1. The van der Waals surface area contributed by atoms with Gasteiger partial charge >= 0.3 is 6.18 Å². The van der Waals surface area contributed by atoms with E-state index < -0.39 is 17.7 Å². The average molecular weight is 510 g/mol. The van der Waals surface area contributed by atoms with E-state index in [-0.39, 0.29) is 11.5 Å². The van der Waals surface area contributed by atoms with Gasteiger partial charge in [0.1, 0.15) is 11.5 Å². The first-order chi connectivity index (χ1) is 17.7. The van der Waals surface area contributed by atoms with Crippen LogP contribution in [0, 0.1) is 12.8 Å². The third-order valence-electron chi connectivity index (χ3n) is 6.55. The molecule has 2 heterocycles. The van der Waals surface area contributed by atoms with Crippen LogP contribution in [0.25, 0.3) is 11.8 Å². The van der Waals surface area contributed by atoms with Crippen molar-refractivity contribution in [3.63, 3.8) is 0 Å². The van der Waals surface area contributed by atoms with Crippen molar-refractivity contribution in [3.05, 3.63) is 77.5 Å². The number of aliphatic imine (C=N–C) groups is 2. The molecule has 0 aliphatic heterocycles. The van der Waals surface area contributed by atoms with Gasteiger partial charge in [-0.15, -0.1) is 0 Å². The highest BCUT2D eigenvalue weighted by Crippen LogP contribution is 2.41. The van der Waals surface area contributed by atoms with Crippen molar-refractivity contribution in [2.75, 3.05) is 14.2 Å². The number of pyridine rings is 1. The lowest BCUT2D eigenvalue weighted by Crippen LogP contribution is -2.28. The summed E-state index contributed by atoms with van der Waals surface area (Å²) in [6.07, 6.45) is 4.98. The second-order valence-corrected chi connectivity index (χ2v) is 9.11. The quantitative estimate of drug-likeness (QED) is 0.284. The number of imidazole rings is 1. The number of rotatable bonds is 5. The van der Waals surface area contributed by atoms with Gasteiger partial charge in [0.25, 0.3) is 0 Å². The van der Waals surface area contributed by atoms with E-state index in [9.17, 15) is 13.2 Å². The molecule has 3 aromatic rings. The van der Waals surface area contributed by atoms with Gasteiger partial charge in [0.15, 0.2) is 0 Å². The molecular weight excluding hydrogens is 479 g/mol. The summed E-state index contributed by atoms with van der Waals surface area (Å²) in [4.78, 5) is 17.9. The molecule has 1 unspecified atom stereocenters. The lowest BCUT2D eigenvalue weighted by molar-refractivity contribution is -0.138. The highest BCUT2D eigenvalue weighted by Gasteiger charge is 2.37. The van der Waals surface area contributed by atoms with E-state index in [0.717, 1.165) is 36.0 Å². The van der Waals surface area contributed by atoms with Gasteiger partial charge in [-0.05, 0) is 61.6 Å². The highest BCUT2D eigenvalue weighted by atomic mass is 19.4. The predicted molar refractivity (Wildman–Crippen MR) is 140 cm³/mol. The number of methoxy groups -OCH3 is 1. The average Bonchev–Trinajstić information content (AvgIpc) is 3.32. The molecule has 0 amide bonds. The Morgan fingerprint density at radius 1 is 1.16 bits per heavy atom. The van der Waals surface area contributed by atoms with E-state index >= 15 is 0 Å². The number of hydrogen-bond donors (Lipinski definition) is 0. The Morgan fingerprint density at radius 3 is 2.62 bits per heavy atom. The van der Waals surface area contributed by atoms with Gasteiger partial charge in [-0.1, -0.05) is 31.5 Å². The predicted octanol–water partition coefficient (Wildman–Crippen LogP) is 6.69. The minimum absolute atomic E-state index is 0.0429. The minimum atomic E-state index is -4.42. The Kier molecular flexibility index (Phi) is 7.90. The van der Waals surface area contributed by atoms with Crippen LogP contribution in [0.4, 0.5) is 13.2 Å². The lowest BCUT2D eigenvalue weighted by Gasteiger charge is -2.31. The summed E-state index contributed by atoms with van der Waals surface area (Å²) in [5, 5.41) is 0. The number of amidine groups is 1. The maximum Gasteiger partial charge on any atom is 0.416 e. The summed E-state index contributed by atoms with van der Waals surface area (Å²) < 4.78 is 48.6. The fourth-order valence-corrected chi connectivity index (χ4v) is 4.72. The van der Waals surface area contributed by atoms with Crippen LogP contribution in [0.2, 0.25) is 0 Å². The molecular formula is C28H30F3N5O. The standard InChI is InChI=1S/C28H30F3N5O/c1-18-8-7-10-22(21-9-5-6-11-23(21)28(29,30)31)26(18)35-25(32-3)15-13-20-12-14-24(27(34-20)37-4)36-16-19(2)33-17-36/h5-6,9,11-18,22H,7-8,10H2,1-4H3/b15-13+,32-25?,35-26?/t18-,22?/m0/s1. The summed E-state index contributed by atoms with van der Waals surface area (Å²) in [6, 6.07) is 9.53. The van der Waals surface area contributed by atoms with Crippen molar-refractivity contribution in [2.24, 2.45) is 15.9 Å². The minimum Gasteiger partial charge on any atom is -0.479 e. The van der Waals surface area contributed by atoms with E-state index in [1.807, 2.05) is 36.7 Å². The fraction of sp³-hybridized carbons (Fsp3) is 0.357. The first-order valence-corrected chi connectivity index (χ1v) is 12.2. The molecule has 0 saturated heterocycles. The summed E-state index contributed by atoms with van der Waals surface area (Å²) >= 11 is 0. The molecule has 1 saturated carbocycles. The zero-order chi connectivity index (χ0) is 26.6. The summed E-state index contributed by atoms with van der Waals surface area (Å²) in [5.41, 5.74) is 2.67. The van der Waals surface area contributed by atoms with Gasteiger partial charge in [0.2, 0.25) is 5.88 Å². The van der Waals surface area contributed by atoms with Crippen molar-refractivity contribution >= 4 is 17.6 Å². The van der Waals surface area contributed by atoms with Crippen LogP contribution >= 0.6 is 0 Å². The van der Waals surface area contributed by atoms with Gasteiger partial charge in [-0.2, -0.15) is 13.2 Å². The molecule has 6 nitrogen and oxygen atoms in total. The molecule has 4 rings (SSSR count). The number of hydrogen-bond acceptors (Lipinski definition) is 4. The van der Waals surface area contributed by atoms with Crippen molar-refractivity contribution in [3.8, 4) is 11.6 Å². The molecule has 2 aromatic heterocycles. The molecule has 1 aromatic carbocycles. The SMILES string of the molecule is CN=C(/C=C/c1ccc(-n2cnc(C)c2)c(OC)n1)N=C1C(c2ccccc2C(F)(F)F)CCC[C@@H]1C. The van der Waals surface area contributed by atoms with E-state index in [4.69, 9.17) is 9.73 Å². The van der Waals surface area contributed by atoms with Gasteiger partial charge in [-0.3, -0.25) is 4.99 Å². The first-order valence-electron chi connectivity index (χ1n) is 12.2. The summed E-state index contributed by atoms with van der Waals surface area (Å²) in [7, 11) is 3.17. The number of ether oxygens (including phenoxy) is 1. The Balaban J connectivity index is 1.64. The van der Waals surface area contributed by atoms with Crippen LogP contribution in [0.1, 0.15) is 54.6 Å². The summed E-state index contributed by atoms with van der Waals surface area (Å²) in [5.74, 6) is 0.489. The van der Waals surface area contributed by atoms with Crippen molar-refractivity contribution in [1.29, 1.82) is 0 Å². The number of aryl methyl sites for hydroxylation is 1. The monoisotopic (exact) mass is 509 g/mol. The molecule has 0 radical (unpaired) electrons. The van der Waals surface area contributed by atoms with E-state index in [1.54, 1.807) is 44.8 Å². The first kappa shape index (κ1) is 26.3. The molecule has 194 valence electrons. The Bertz CT molecular complexity index is 1340. The van der Waals surface area contributed by atoms with Gasteiger partial charge < -0.3 is 9.30 Å². The number of benzene rings is 1. The van der Waals surface area contributed by atoms with Gasteiger partial charge in [0, 0.05) is 24.9 Å². The van der Waals surface area contributed by atoms with Crippen LogP contribution in [0.3, 0.4) is 0 Å². The Hall–Kier alpha value is -3.75. The Morgan fingerprint density at radius 2 is 1.95 bits per heavy atom. The fourth-order valence-electron chi connectivity index (χ4n) is 4.72. The molecule has 2 atom stereocenters. The number of alkyl halides is 3. The maximum absolute atomic E-state index is 13.8. The van der Waals surface area contributed by atoms with Crippen molar-refractivity contribution < 1.29 is 17.9 Å². The number of aromatic nitrogens is 3. The third-order valence-corrected chi connectivity index (χ3v) is 6.55. The molecule has 9 heteroatoms. The largest absolute Gasteiger partial charge is 0.479 e. The highest BCUT2D eigenvalue weighted by molar-refractivity contribution is 6.08. The second-order valence-electron chi connectivity index (χ2n) is 9.11. The topological polar surface area (TPSA) is 64.7 Å². The zero-order valence-electron chi connectivity index (χ0n) is 21.3. The number of nitrogens with zero attached hydrogens (tertiary/aromatic N) is 5. The smallest absolute Gasteiger partial charge is 0.416 e. The molecule has 1 fully saturated rings. The maximum atomic E-state index is 13.8. The van der Waals surface area contributed by atoms with E-state index in [1.165, 1.54) is 6.07 Å². The van der Waals surface area contributed by atoms with Crippen molar-refractivity contribution in [2.45, 2.75) is 45.2 Å². The molecule has 37 heavy (non-hydrogen) atoms. The van der Waals surface area contributed by atoms with Crippen LogP contribution < -0.4 is 4.74 Å². The normalized spacial score (nSPS) is 20.1.